The van der Waals surface area contributed by atoms with E-state index in [1.54, 1.807) is 19.4 Å². The minimum absolute atomic E-state index is 0.592. The van der Waals surface area contributed by atoms with E-state index >= 15 is 0 Å². The third-order valence-corrected chi connectivity index (χ3v) is 5.36. The van der Waals surface area contributed by atoms with Gasteiger partial charge in [0.05, 0.1) is 5.56 Å². The molecule has 0 radical (unpaired) electrons. The molecule has 0 spiro atoms. The lowest BCUT2D eigenvalue weighted by Crippen LogP contribution is -2.47. The van der Waals surface area contributed by atoms with Crippen molar-refractivity contribution in [3.8, 4) is 0 Å². The van der Waals surface area contributed by atoms with Gasteiger partial charge in [0.1, 0.15) is 0 Å². The Morgan fingerprint density at radius 2 is 1.66 bits per heavy atom. The van der Waals surface area contributed by atoms with Crippen molar-refractivity contribution >= 4 is 11.9 Å². The number of rotatable bonds is 8. The number of anilines is 1. The molecule has 0 unspecified atom stereocenters. The molecule has 1 aromatic heterocycles. The van der Waals surface area contributed by atoms with Crippen LogP contribution in [-0.2, 0) is 12.6 Å². The Morgan fingerprint density at radius 1 is 1.00 bits per heavy atom. The number of nitrogens with one attached hydrogen (secondary N) is 2. The molecular formula is C22H30F3N7. The van der Waals surface area contributed by atoms with Crippen LogP contribution in [0, 0.1) is 0 Å². The van der Waals surface area contributed by atoms with E-state index in [2.05, 4.69) is 35.4 Å². The maximum Gasteiger partial charge on any atom is 0.416 e. The fourth-order valence-corrected chi connectivity index (χ4v) is 3.54. The summed E-state index contributed by atoms with van der Waals surface area (Å²) in [7, 11) is 1.71. The van der Waals surface area contributed by atoms with E-state index in [0.29, 0.717) is 18.9 Å². The normalized spacial score (nSPS) is 15.6. The van der Waals surface area contributed by atoms with Gasteiger partial charge in [-0.05, 0) is 43.1 Å². The molecule has 0 saturated carbocycles. The third-order valence-electron chi connectivity index (χ3n) is 5.36. The minimum Gasteiger partial charge on any atom is -0.356 e. The van der Waals surface area contributed by atoms with Crippen molar-refractivity contribution in [1.29, 1.82) is 0 Å². The topological polar surface area (TPSA) is 68.7 Å². The van der Waals surface area contributed by atoms with Crippen LogP contribution in [0.15, 0.2) is 47.7 Å². The molecule has 1 aromatic carbocycles. The fourth-order valence-electron chi connectivity index (χ4n) is 3.54. The van der Waals surface area contributed by atoms with Gasteiger partial charge in [0.2, 0.25) is 5.95 Å². The average molecular weight is 450 g/mol. The molecule has 2 aromatic rings. The monoisotopic (exact) mass is 449 g/mol. The summed E-state index contributed by atoms with van der Waals surface area (Å²) in [5, 5.41) is 6.50. The molecule has 1 saturated heterocycles. The molecule has 1 aliphatic heterocycles. The number of piperazine rings is 1. The van der Waals surface area contributed by atoms with Crippen molar-refractivity contribution in [3.63, 3.8) is 0 Å². The number of aliphatic imine (C=N–C) groups is 1. The second-order valence-corrected chi connectivity index (χ2v) is 7.60. The van der Waals surface area contributed by atoms with Gasteiger partial charge in [-0.3, -0.25) is 9.89 Å². The van der Waals surface area contributed by atoms with Crippen LogP contribution in [0.2, 0.25) is 0 Å². The number of hydrogen-bond donors (Lipinski definition) is 2. The lowest BCUT2D eigenvalue weighted by Gasteiger charge is -2.34. The lowest BCUT2D eigenvalue weighted by molar-refractivity contribution is -0.137. The molecule has 10 heteroatoms. The first-order valence-electron chi connectivity index (χ1n) is 10.8. The maximum absolute atomic E-state index is 12.6. The summed E-state index contributed by atoms with van der Waals surface area (Å²) in [5.41, 5.74) is 0.225. The van der Waals surface area contributed by atoms with Crippen molar-refractivity contribution in [2.75, 3.05) is 57.8 Å². The first kappa shape index (κ1) is 23.8. The van der Waals surface area contributed by atoms with Gasteiger partial charge in [-0.1, -0.05) is 12.1 Å². The Morgan fingerprint density at radius 3 is 2.28 bits per heavy atom. The molecule has 0 bridgehead atoms. The molecular weight excluding hydrogens is 419 g/mol. The number of benzene rings is 1. The number of guanidine groups is 1. The standard InChI is InChI=1S/C22H30F3N7/c1-26-20(28-12-8-18-4-6-19(7-5-18)22(23,24)25)27-11-3-13-31-14-16-32(17-15-31)21-29-9-2-10-30-21/h2,4-7,9-10H,3,8,11-17H2,1H3,(H2,26,27,28). The smallest absolute Gasteiger partial charge is 0.356 e. The van der Waals surface area contributed by atoms with E-state index in [4.69, 9.17) is 0 Å². The average Bonchev–Trinajstić information content (AvgIpc) is 2.81. The molecule has 32 heavy (non-hydrogen) atoms. The van der Waals surface area contributed by atoms with Crippen molar-refractivity contribution in [1.82, 2.24) is 25.5 Å². The fraction of sp³-hybridized carbons (Fsp3) is 0.500. The molecule has 0 atom stereocenters. The summed E-state index contributed by atoms with van der Waals surface area (Å²) in [6.07, 6.45) is 0.845. The van der Waals surface area contributed by atoms with Gasteiger partial charge in [0.25, 0.3) is 0 Å². The molecule has 3 rings (SSSR count). The highest BCUT2D eigenvalue weighted by Crippen LogP contribution is 2.29. The van der Waals surface area contributed by atoms with E-state index < -0.39 is 11.7 Å². The predicted molar refractivity (Wildman–Crippen MR) is 120 cm³/mol. The summed E-state index contributed by atoms with van der Waals surface area (Å²) >= 11 is 0. The van der Waals surface area contributed by atoms with Crippen molar-refractivity contribution in [2.45, 2.75) is 19.0 Å². The quantitative estimate of drug-likeness (QED) is 0.367. The zero-order valence-electron chi connectivity index (χ0n) is 18.3. The highest BCUT2D eigenvalue weighted by Gasteiger charge is 2.29. The SMILES string of the molecule is CN=C(NCCCN1CCN(c2ncccn2)CC1)NCCc1ccc(C(F)(F)F)cc1. The molecule has 2 heterocycles. The van der Waals surface area contributed by atoms with Gasteiger partial charge in [-0.25, -0.2) is 9.97 Å². The maximum atomic E-state index is 12.6. The molecule has 0 aliphatic carbocycles. The van der Waals surface area contributed by atoms with E-state index in [9.17, 15) is 13.2 Å². The van der Waals surface area contributed by atoms with Crippen LogP contribution >= 0.6 is 0 Å². The second kappa shape index (κ2) is 11.7. The molecule has 174 valence electrons. The Balaban J connectivity index is 1.28. The van der Waals surface area contributed by atoms with Crippen molar-refractivity contribution in [3.05, 3.63) is 53.9 Å². The van der Waals surface area contributed by atoms with Gasteiger partial charge < -0.3 is 15.5 Å². The predicted octanol–water partition coefficient (Wildman–Crippen LogP) is 2.42. The minimum atomic E-state index is -4.30. The highest BCUT2D eigenvalue weighted by molar-refractivity contribution is 5.79. The Kier molecular flexibility index (Phi) is 8.66. The van der Waals surface area contributed by atoms with Crippen LogP contribution in [0.4, 0.5) is 19.1 Å². The molecule has 1 aliphatic rings. The number of nitrogens with zero attached hydrogens (tertiary/aromatic N) is 5. The largest absolute Gasteiger partial charge is 0.416 e. The van der Waals surface area contributed by atoms with Crippen LogP contribution < -0.4 is 15.5 Å². The zero-order valence-corrected chi connectivity index (χ0v) is 18.3. The number of halogens is 3. The highest BCUT2D eigenvalue weighted by atomic mass is 19.4. The van der Waals surface area contributed by atoms with E-state index in [0.717, 1.165) is 69.3 Å². The molecule has 7 nitrogen and oxygen atoms in total. The van der Waals surface area contributed by atoms with E-state index in [1.807, 2.05) is 6.07 Å². The summed E-state index contributed by atoms with van der Waals surface area (Å²) < 4.78 is 37.9. The molecule has 1 fully saturated rings. The molecule has 2 N–H and O–H groups in total. The Bertz CT molecular complexity index is 833. The Hall–Kier alpha value is -2.88. The van der Waals surface area contributed by atoms with Gasteiger partial charge in [0.15, 0.2) is 5.96 Å². The molecule has 0 amide bonds. The number of hydrogen-bond acceptors (Lipinski definition) is 5. The first-order valence-corrected chi connectivity index (χ1v) is 10.8. The van der Waals surface area contributed by atoms with Gasteiger partial charge in [-0.2, -0.15) is 13.2 Å². The third kappa shape index (κ3) is 7.37. The van der Waals surface area contributed by atoms with Crippen LogP contribution in [0.3, 0.4) is 0 Å². The van der Waals surface area contributed by atoms with Crippen LogP contribution in [-0.4, -0.2) is 73.7 Å². The van der Waals surface area contributed by atoms with E-state index in [1.165, 1.54) is 12.1 Å². The van der Waals surface area contributed by atoms with Gasteiger partial charge in [-0.15, -0.1) is 0 Å². The first-order chi connectivity index (χ1) is 15.5. The van der Waals surface area contributed by atoms with E-state index in [-0.39, 0.29) is 0 Å². The zero-order chi connectivity index (χ0) is 22.8. The van der Waals surface area contributed by atoms with Crippen LogP contribution in [0.25, 0.3) is 0 Å². The summed E-state index contributed by atoms with van der Waals surface area (Å²) in [4.78, 5) is 17.5. The summed E-state index contributed by atoms with van der Waals surface area (Å²) in [6, 6.07) is 7.10. The summed E-state index contributed by atoms with van der Waals surface area (Å²) in [6.45, 7) is 6.20. The van der Waals surface area contributed by atoms with Gasteiger partial charge >= 0.3 is 6.18 Å². The van der Waals surface area contributed by atoms with Crippen molar-refractivity contribution in [2.24, 2.45) is 4.99 Å². The van der Waals surface area contributed by atoms with Crippen molar-refractivity contribution < 1.29 is 13.2 Å². The number of alkyl halides is 3. The Labute approximate surface area is 186 Å². The number of aromatic nitrogens is 2. The lowest BCUT2D eigenvalue weighted by atomic mass is 10.1. The van der Waals surface area contributed by atoms with Gasteiger partial charge in [0, 0.05) is 58.7 Å². The second-order valence-electron chi connectivity index (χ2n) is 7.60. The van der Waals surface area contributed by atoms with Crippen LogP contribution in [0.1, 0.15) is 17.5 Å². The summed E-state index contributed by atoms with van der Waals surface area (Å²) in [5.74, 6) is 1.49. The van der Waals surface area contributed by atoms with Crippen LogP contribution in [0.5, 0.6) is 0 Å².